The SMILES string of the molecule is C=CCCNC(C)CCS(C)=O. The van der Waals surface area contributed by atoms with Crippen molar-refractivity contribution in [1.29, 1.82) is 0 Å². The summed E-state index contributed by atoms with van der Waals surface area (Å²) in [5.41, 5.74) is 0. The fourth-order valence-corrected chi connectivity index (χ4v) is 1.56. The van der Waals surface area contributed by atoms with Crippen molar-refractivity contribution < 1.29 is 4.21 Å². The third kappa shape index (κ3) is 7.95. The second kappa shape index (κ2) is 7.50. The van der Waals surface area contributed by atoms with Crippen LogP contribution in [0, 0.1) is 0 Å². The maximum Gasteiger partial charge on any atom is 0.0246 e. The molecule has 2 unspecified atom stereocenters. The van der Waals surface area contributed by atoms with E-state index in [0.29, 0.717) is 6.04 Å². The van der Waals surface area contributed by atoms with E-state index in [9.17, 15) is 4.21 Å². The van der Waals surface area contributed by atoms with E-state index in [1.165, 1.54) is 0 Å². The van der Waals surface area contributed by atoms with E-state index in [4.69, 9.17) is 0 Å². The first-order valence-corrected chi connectivity index (χ1v) is 6.04. The zero-order chi connectivity index (χ0) is 9.40. The smallest absolute Gasteiger partial charge is 0.0246 e. The van der Waals surface area contributed by atoms with Crippen LogP contribution in [0.5, 0.6) is 0 Å². The zero-order valence-electron chi connectivity index (χ0n) is 8.01. The first kappa shape index (κ1) is 11.8. The monoisotopic (exact) mass is 189 g/mol. The minimum absolute atomic E-state index is 0.467. The summed E-state index contributed by atoms with van der Waals surface area (Å²) < 4.78 is 10.7. The summed E-state index contributed by atoms with van der Waals surface area (Å²) in [5.74, 6) is 0.794. The van der Waals surface area contributed by atoms with Crippen molar-refractivity contribution in [2.24, 2.45) is 0 Å². The van der Waals surface area contributed by atoms with Crippen LogP contribution in [0.25, 0.3) is 0 Å². The molecule has 0 aromatic rings. The van der Waals surface area contributed by atoms with Gasteiger partial charge in [0, 0.05) is 28.9 Å². The van der Waals surface area contributed by atoms with E-state index in [1.807, 2.05) is 6.08 Å². The lowest BCUT2D eigenvalue weighted by Gasteiger charge is -2.11. The van der Waals surface area contributed by atoms with Gasteiger partial charge in [-0.2, -0.15) is 0 Å². The molecule has 0 rings (SSSR count). The topological polar surface area (TPSA) is 29.1 Å². The molecule has 2 atom stereocenters. The Morgan fingerprint density at radius 1 is 1.67 bits per heavy atom. The molecule has 0 saturated carbocycles. The van der Waals surface area contributed by atoms with Gasteiger partial charge in [0.15, 0.2) is 0 Å². The number of hydrogen-bond donors (Lipinski definition) is 1. The molecule has 0 aliphatic heterocycles. The van der Waals surface area contributed by atoms with Crippen molar-refractivity contribution in [2.45, 2.75) is 25.8 Å². The van der Waals surface area contributed by atoms with E-state index in [-0.39, 0.29) is 0 Å². The third-order valence-electron chi connectivity index (χ3n) is 1.68. The maximum atomic E-state index is 10.7. The van der Waals surface area contributed by atoms with Crippen LogP contribution in [0.1, 0.15) is 19.8 Å². The van der Waals surface area contributed by atoms with Crippen molar-refractivity contribution in [2.75, 3.05) is 18.6 Å². The first-order valence-electron chi connectivity index (χ1n) is 4.31. The molecule has 12 heavy (non-hydrogen) atoms. The van der Waals surface area contributed by atoms with Crippen molar-refractivity contribution in [3.8, 4) is 0 Å². The van der Waals surface area contributed by atoms with Crippen LogP contribution < -0.4 is 5.32 Å². The summed E-state index contributed by atoms with van der Waals surface area (Å²) in [4.78, 5) is 0. The van der Waals surface area contributed by atoms with Gasteiger partial charge in [0.2, 0.25) is 0 Å². The summed E-state index contributed by atoms with van der Waals surface area (Å²) in [6.07, 6.45) is 5.63. The van der Waals surface area contributed by atoms with Gasteiger partial charge in [0.05, 0.1) is 0 Å². The third-order valence-corrected chi connectivity index (χ3v) is 2.49. The van der Waals surface area contributed by atoms with E-state index in [0.717, 1.165) is 25.1 Å². The van der Waals surface area contributed by atoms with Crippen molar-refractivity contribution in [1.82, 2.24) is 5.32 Å². The lowest BCUT2D eigenvalue weighted by Crippen LogP contribution is -2.28. The molecule has 2 nitrogen and oxygen atoms in total. The Balaban J connectivity index is 3.26. The molecule has 0 spiro atoms. The molecule has 0 amide bonds. The second-order valence-corrected chi connectivity index (χ2v) is 4.55. The molecule has 0 bridgehead atoms. The Labute approximate surface area is 77.9 Å². The van der Waals surface area contributed by atoms with E-state index < -0.39 is 10.8 Å². The highest BCUT2D eigenvalue weighted by atomic mass is 32.2. The largest absolute Gasteiger partial charge is 0.314 e. The van der Waals surface area contributed by atoms with Crippen molar-refractivity contribution >= 4 is 10.8 Å². The van der Waals surface area contributed by atoms with Crippen molar-refractivity contribution in [3.05, 3.63) is 12.7 Å². The fraction of sp³-hybridized carbons (Fsp3) is 0.778. The highest BCUT2D eigenvalue weighted by molar-refractivity contribution is 7.84. The van der Waals surface area contributed by atoms with E-state index in [1.54, 1.807) is 6.26 Å². The number of rotatable bonds is 7. The highest BCUT2D eigenvalue weighted by Gasteiger charge is 2.00. The number of nitrogens with one attached hydrogen (secondary N) is 1. The van der Waals surface area contributed by atoms with Crippen molar-refractivity contribution in [3.63, 3.8) is 0 Å². The Morgan fingerprint density at radius 3 is 2.83 bits per heavy atom. The molecule has 0 aromatic carbocycles. The van der Waals surface area contributed by atoms with Gasteiger partial charge in [-0.05, 0) is 26.3 Å². The van der Waals surface area contributed by atoms with Crippen LogP contribution in [0.3, 0.4) is 0 Å². The summed E-state index contributed by atoms with van der Waals surface area (Å²) in [6, 6.07) is 0.467. The average molecular weight is 189 g/mol. The highest BCUT2D eigenvalue weighted by Crippen LogP contribution is 1.92. The Hall–Kier alpha value is -0.150. The van der Waals surface area contributed by atoms with Crippen LogP contribution >= 0.6 is 0 Å². The summed E-state index contributed by atoms with van der Waals surface area (Å²) in [6.45, 7) is 6.74. The second-order valence-electron chi connectivity index (χ2n) is 3.00. The Kier molecular flexibility index (Phi) is 7.40. The van der Waals surface area contributed by atoms with Gasteiger partial charge in [-0.3, -0.25) is 4.21 Å². The van der Waals surface area contributed by atoms with Gasteiger partial charge in [-0.25, -0.2) is 0 Å². The zero-order valence-corrected chi connectivity index (χ0v) is 8.82. The van der Waals surface area contributed by atoms with Gasteiger partial charge in [-0.15, -0.1) is 6.58 Å². The fourth-order valence-electron chi connectivity index (χ4n) is 0.877. The molecular weight excluding hydrogens is 170 g/mol. The average Bonchev–Trinajstić information content (AvgIpc) is 2.01. The van der Waals surface area contributed by atoms with Gasteiger partial charge in [-0.1, -0.05) is 6.08 Å². The van der Waals surface area contributed by atoms with Crippen LogP contribution in [0.15, 0.2) is 12.7 Å². The molecule has 0 aromatic heterocycles. The molecule has 0 radical (unpaired) electrons. The first-order chi connectivity index (χ1) is 5.66. The van der Waals surface area contributed by atoms with Gasteiger partial charge < -0.3 is 5.32 Å². The molecule has 0 saturated heterocycles. The van der Waals surface area contributed by atoms with Crippen LogP contribution in [-0.2, 0) is 10.8 Å². The molecule has 1 N–H and O–H groups in total. The molecular formula is C9H19NOS. The summed E-state index contributed by atoms with van der Waals surface area (Å²) in [5, 5.41) is 3.33. The predicted octanol–water partition coefficient (Wildman–Crippen LogP) is 1.31. The van der Waals surface area contributed by atoms with Crippen LogP contribution in [0.4, 0.5) is 0 Å². The minimum atomic E-state index is -0.654. The van der Waals surface area contributed by atoms with E-state index in [2.05, 4.69) is 18.8 Å². The Morgan fingerprint density at radius 2 is 2.33 bits per heavy atom. The van der Waals surface area contributed by atoms with Crippen LogP contribution in [-0.4, -0.2) is 28.8 Å². The van der Waals surface area contributed by atoms with Gasteiger partial charge in [0.1, 0.15) is 0 Å². The number of hydrogen-bond acceptors (Lipinski definition) is 2. The molecule has 0 aliphatic rings. The van der Waals surface area contributed by atoms with Gasteiger partial charge in [0.25, 0.3) is 0 Å². The molecule has 0 aliphatic carbocycles. The lowest BCUT2D eigenvalue weighted by molar-refractivity contribution is 0.541. The van der Waals surface area contributed by atoms with Crippen LogP contribution in [0.2, 0.25) is 0 Å². The molecule has 72 valence electrons. The quantitative estimate of drug-likeness (QED) is 0.483. The molecule has 3 heteroatoms. The summed E-state index contributed by atoms with van der Waals surface area (Å²) in [7, 11) is -0.654. The normalized spacial score (nSPS) is 15.5. The summed E-state index contributed by atoms with van der Waals surface area (Å²) >= 11 is 0. The molecule has 0 heterocycles. The van der Waals surface area contributed by atoms with Gasteiger partial charge >= 0.3 is 0 Å². The predicted molar refractivity (Wildman–Crippen MR) is 55.8 cm³/mol. The minimum Gasteiger partial charge on any atom is -0.314 e. The molecule has 0 fully saturated rings. The maximum absolute atomic E-state index is 10.7. The lowest BCUT2D eigenvalue weighted by atomic mass is 10.2. The standard InChI is InChI=1S/C9H19NOS/c1-4-5-7-10-9(2)6-8-12(3)11/h4,9-10H,1,5-8H2,2-3H3. The van der Waals surface area contributed by atoms with E-state index >= 15 is 0 Å². The Bertz CT molecular complexity index is 147.